The molecule has 1 amide bonds. The first kappa shape index (κ1) is 12.8. The van der Waals surface area contributed by atoms with Gasteiger partial charge in [-0.1, -0.05) is 0 Å². The van der Waals surface area contributed by atoms with Crippen molar-refractivity contribution in [2.24, 2.45) is 5.73 Å². The molecule has 18 heavy (non-hydrogen) atoms. The number of pyridine rings is 1. The lowest BCUT2D eigenvalue weighted by atomic mass is 9.91. The highest BCUT2D eigenvalue weighted by atomic mass is 16.2. The van der Waals surface area contributed by atoms with E-state index >= 15 is 0 Å². The van der Waals surface area contributed by atoms with Crippen molar-refractivity contribution in [1.29, 1.82) is 0 Å². The number of H-pyrrole nitrogens is 1. The molecule has 0 aliphatic heterocycles. The highest BCUT2D eigenvalue weighted by Crippen LogP contribution is 2.25. The number of amides is 1. The Labute approximate surface area is 106 Å². The van der Waals surface area contributed by atoms with Gasteiger partial charge in [-0.05, 0) is 32.2 Å². The molecule has 0 unspecified atom stereocenters. The number of rotatable bonds is 5. The molecule has 0 bridgehead atoms. The van der Waals surface area contributed by atoms with Crippen molar-refractivity contribution in [2.75, 3.05) is 13.1 Å². The quantitative estimate of drug-likeness (QED) is 0.807. The summed E-state index contributed by atoms with van der Waals surface area (Å²) in [7, 11) is 0. The number of nitrogens with zero attached hydrogens (tertiary/aromatic N) is 1. The lowest BCUT2D eigenvalue weighted by Gasteiger charge is -2.37. The Morgan fingerprint density at radius 3 is 2.83 bits per heavy atom. The summed E-state index contributed by atoms with van der Waals surface area (Å²) < 4.78 is 0. The Morgan fingerprint density at radius 2 is 2.28 bits per heavy atom. The fourth-order valence-electron chi connectivity index (χ4n) is 2.15. The van der Waals surface area contributed by atoms with Gasteiger partial charge in [0.1, 0.15) is 5.56 Å². The number of aromatic nitrogens is 1. The van der Waals surface area contributed by atoms with Crippen LogP contribution in [0.3, 0.4) is 0 Å². The zero-order chi connectivity index (χ0) is 13.0. The van der Waals surface area contributed by atoms with Crippen LogP contribution in [0.25, 0.3) is 0 Å². The minimum absolute atomic E-state index is 0.171. The van der Waals surface area contributed by atoms with Crippen molar-refractivity contribution in [3.63, 3.8) is 0 Å². The summed E-state index contributed by atoms with van der Waals surface area (Å²) in [4.78, 5) is 28.6. The number of hydrogen-bond donors (Lipinski definition) is 2. The van der Waals surface area contributed by atoms with Gasteiger partial charge in [0, 0.05) is 31.0 Å². The van der Waals surface area contributed by atoms with E-state index in [9.17, 15) is 9.59 Å². The molecule has 0 spiro atoms. The van der Waals surface area contributed by atoms with Crippen LogP contribution < -0.4 is 11.2 Å². The van der Waals surface area contributed by atoms with E-state index in [-0.39, 0.29) is 22.9 Å². The van der Waals surface area contributed by atoms with Crippen molar-refractivity contribution in [2.45, 2.75) is 31.7 Å². The molecule has 5 nitrogen and oxygen atoms in total. The second kappa shape index (κ2) is 5.82. The molecule has 1 aromatic rings. The van der Waals surface area contributed by atoms with Crippen LogP contribution in [0.2, 0.25) is 0 Å². The van der Waals surface area contributed by atoms with Crippen LogP contribution in [0.15, 0.2) is 23.3 Å². The fourth-order valence-corrected chi connectivity index (χ4v) is 2.15. The molecule has 0 atom stereocenters. The van der Waals surface area contributed by atoms with E-state index in [2.05, 4.69) is 4.98 Å². The van der Waals surface area contributed by atoms with Crippen LogP contribution in [0.4, 0.5) is 0 Å². The molecule has 5 heteroatoms. The highest BCUT2D eigenvalue weighted by molar-refractivity contribution is 5.94. The standard InChI is InChI=1S/C13H19N3O2/c14-6-2-8-16(10-3-1-4-10)13(18)11-9-15-7-5-12(11)17/h5,7,9-10H,1-4,6,8,14H2,(H,15,17). The highest BCUT2D eigenvalue weighted by Gasteiger charge is 2.29. The zero-order valence-electron chi connectivity index (χ0n) is 10.4. The van der Waals surface area contributed by atoms with Crippen LogP contribution in [-0.2, 0) is 0 Å². The largest absolute Gasteiger partial charge is 0.367 e. The lowest BCUT2D eigenvalue weighted by molar-refractivity contribution is 0.0576. The molecule has 1 fully saturated rings. The van der Waals surface area contributed by atoms with Crippen LogP contribution in [0, 0.1) is 0 Å². The maximum atomic E-state index is 12.4. The van der Waals surface area contributed by atoms with E-state index in [0.717, 1.165) is 25.7 Å². The van der Waals surface area contributed by atoms with Gasteiger partial charge in [0.05, 0.1) is 0 Å². The maximum Gasteiger partial charge on any atom is 0.259 e. The van der Waals surface area contributed by atoms with Gasteiger partial charge < -0.3 is 15.6 Å². The summed E-state index contributed by atoms with van der Waals surface area (Å²) in [5.41, 5.74) is 5.50. The van der Waals surface area contributed by atoms with Crippen molar-refractivity contribution in [3.05, 3.63) is 34.2 Å². The van der Waals surface area contributed by atoms with Crippen LogP contribution in [0.5, 0.6) is 0 Å². The van der Waals surface area contributed by atoms with Gasteiger partial charge in [0.25, 0.3) is 5.91 Å². The number of nitrogens with one attached hydrogen (secondary N) is 1. The van der Waals surface area contributed by atoms with Crippen molar-refractivity contribution < 1.29 is 4.79 Å². The average molecular weight is 249 g/mol. The minimum atomic E-state index is -0.226. The van der Waals surface area contributed by atoms with Gasteiger partial charge >= 0.3 is 0 Å². The van der Waals surface area contributed by atoms with E-state index < -0.39 is 0 Å². The predicted molar refractivity (Wildman–Crippen MR) is 69.4 cm³/mol. The third-order valence-electron chi connectivity index (χ3n) is 3.43. The Bertz CT molecular complexity index is 465. The summed E-state index contributed by atoms with van der Waals surface area (Å²) in [5, 5.41) is 0. The third-order valence-corrected chi connectivity index (χ3v) is 3.43. The Kier molecular flexibility index (Phi) is 4.15. The van der Waals surface area contributed by atoms with E-state index in [0.29, 0.717) is 13.1 Å². The molecule has 2 rings (SSSR count). The van der Waals surface area contributed by atoms with Gasteiger partial charge in [-0.3, -0.25) is 9.59 Å². The Hall–Kier alpha value is -1.62. The van der Waals surface area contributed by atoms with Crippen molar-refractivity contribution in [1.82, 2.24) is 9.88 Å². The summed E-state index contributed by atoms with van der Waals surface area (Å²) in [6.07, 6.45) is 7.00. The summed E-state index contributed by atoms with van der Waals surface area (Å²) in [5.74, 6) is -0.171. The molecule has 1 aliphatic rings. The zero-order valence-corrected chi connectivity index (χ0v) is 10.4. The molecular weight excluding hydrogens is 230 g/mol. The number of carbonyl (C=O) groups excluding carboxylic acids is 1. The summed E-state index contributed by atoms with van der Waals surface area (Å²) >= 11 is 0. The monoisotopic (exact) mass is 249 g/mol. The molecule has 1 aromatic heterocycles. The van der Waals surface area contributed by atoms with E-state index in [4.69, 9.17) is 5.73 Å². The number of aromatic amines is 1. The number of hydrogen-bond acceptors (Lipinski definition) is 3. The molecule has 1 heterocycles. The first-order valence-electron chi connectivity index (χ1n) is 6.42. The lowest BCUT2D eigenvalue weighted by Crippen LogP contribution is -2.46. The van der Waals surface area contributed by atoms with Crippen molar-refractivity contribution >= 4 is 5.91 Å². The molecule has 1 aliphatic carbocycles. The minimum Gasteiger partial charge on any atom is -0.367 e. The second-order valence-electron chi connectivity index (χ2n) is 4.65. The van der Waals surface area contributed by atoms with Crippen molar-refractivity contribution in [3.8, 4) is 0 Å². The average Bonchev–Trinajstić information content (AvgIpc) is 2.32. The van der Waals surface area contributed by atoms with Crippen LogP contribution in [0.1, 0.15) is 36.0 Å². The predicted octanol–water partition coefficient (Wildman–Crippen LogP) is 0.718. The Balaban J connectivity index is 2.17. The van der Waals surface area contributed by atoms with Gasteiger partial charge in [-0.15, -0.1) is 0 Å². The molecular formula is C13H19N3O2. The molecule has 1 saturated carbocycles. The van der Waals surface area contributed by atoms with E-state index in [1.54, 1.807) is 4.90 Å². The molecule has 98 valence electrons. The molecule has 0 radical (unpaired) electrons. The van der Waals surface area contributed by atoms with E-state index in [1.165, 1.54) is 18.5 Å². The van der Waals surface area contributed by atoms with Gasteiger partial charge in [0.2, 0.25) is 0 Å². The maximum absolute atomic E-state index is 12.4. The normalized spacial score (nSPS) is 15.2. The van der Waals surface area contributed by atoms with Gasteiger partial charge in [0.15, 0.2) is 5.43 Å². The van der Waals surface area contributed by atoms with Crippen LogP contribution >= 0.6 is 0 Å². The smallest absolute Gasteiger partial charge is 0.259 e. The fraction of sp³-hybridized carbons (Fsp3) is 0.538. The van der Waals surface area contributed by atoms with E-state index in [1.807, 2.05) is 0 Å². The van der Waals surface area contributed by atoms with Gasteiger partial charge in [-0.2, -0.15) is 0 Å². The summed E-state index contributed by atoms with van der Waals surface area (Å²) in [6.45, 7) is 1.19. The first-order valence-corrected chi connectivity index (χ1v) is 6.42. The molecule has 3 N–H and O–H groups in total. The molecule has 0 saturated heterocycles. The summed E-state index contributed by atoms with van der Waals surface area (Å²) in [6, 6.07) is 1.67. The molecule has 0 aromatic carbocycles. The topological polar surface area (TPSA) is 79.2 Å². The Morgan fingerprint density at radius 1 is 1.50 bits per heavy atom. The first-order chi connectivity index (χ1) is 8.74. The van der Waals surface area contributed by atoms with Crippen LogP contribution in [-0.4, -0.2) is 34.9 Å². The SMILES string of the molecule is NCCCN(C(=O)c1c[nH]ccc1=O)C1CCC1. The number of carbonyl (C=O) groups is 1. The second-order valence-corrected chi connectivity index (χ2v) is 4.65. The van der Waals surface area contributed by atoms with Gasteiger partial charge in [-0.25, -0.2) is 0 Å². The number of nitrogens with two attached hydrogens (primary N) is 1. The third kappa shape index (κ3) is 2.61.